The van der Waals surface area contributed by atoms with E-state index in [0.29, 0.717) is 18.7 Å². The van der Waals surface area contributed by atoms with Crippen LogP contribution in [0.5, 0.6) is 0 Å². The second-order valence-electron chi connectivity index (χ2n) is 6.95. The number of amides is 2. The second-order valence-corrected chi connectivity index (χ2v) is 6.95. The quantitative estimate of drug-likeness (QED) is 0.518. The lowest BCUT2D eigenvalue weighted by molar-refractivity contribution is -0.129. The van der Waals surface area contributed by atoms with Crippen molar-refractivity contribution in [3.63, 3.8) is 0 Å². The lowest BCUT2D eigenvalue weighted by Gasteiger charge is -2.26. The number of aliphatic hydroxyl groups excluding tert-OH is 1. The zero-order valence-electron chi connectivity index (χ0n) is 15.6. The third-order valence-corrected chi connectivity index (χ3v) is 3.81. The minimum atomic E-state index is -0.607. The first-order chi connectivity index (χ1) is 11.8. The summed E-state index contributed by atoms with van der Waals surface area (Å²) in [5.74, 6) is -0.145. The molecular weight excluding hydrogens is 318 g/mol. The number of carbonyl (C=O) groups excluding carboxylic acids is 2. The van der Waals surface area contributed by atoms with Gasteiger partial charge < -0.3 is 21.1 Å². The molecule has 0 radical (unpaired) electrons. The standard InChI is InChI=1S/C19H31N3O3/c1-13(2)12-16(18(24)21-15-8-6-5-7-9-15)22-19(25)17(14(3)4)20-10-11-23/h5-9,13-14,16-17,20,23H,10-12H2,1-4H3,(H,21,24)(H,22,25)/t16-,17-/m0/s1. The maximum atomic E-state index is 12.6. The first-order valence-electron chi connectivity index (χ1n) is 8.85. The van der Waals surface area contributed by atoms with Crippen molar-refractivity contribution in [3.05, 3.63) is 30.3 Å². The van der Waals surface area contributed by atoms with Gasteiger partial charge in [0, 0.05) is 12.2 Å². The largest absolute Gasteiger partial charge is 0.395 e. The molecule has 0 bridgehead atoms. The van der Waals surface area contributed by atoms with Crippen molar-refractivity contribution >= 4 is 17.5 Å². The van der Waals surface area contributed by atoms with Gasteiger partial charge in [0.25, 0.3) is 0 Å². The summed E-state index contributed by atoms with van der Waals surface area (Å²) in [5.41, 5.74) is 0.703. The number of nitrogens with one attached hydrogen (secondary N) is 3. The maximum absolute atomic E-state index is 12.6. The van der Waals surface area contributed by atoms with Crippen LogP contribution >= 0.6 is 0 Å². The first kappa shape index (κ1) is 21.1. The first-order valence-corrected chi connectivity index (χ1v) is 8.85. The molecule has 6 heteroatoms. The maximum Gasteiger partial charge on any atom is 0.246 e. The number of para-hydroxylation sites is 1. The van der Waals surface area contributed by atoms with Crippen LogP contribution in [-0.2, 0) is 9.59 Å². The van der Waals surface area contributed by atoms with Gasteiger partial charge >= 0.3 is 0 Å². The highest BCUT2D eigenvalue weighted by Crippen LogP contribution is 2.11. The van der Waals surface area contributed by atoms with E-state index in [4.69, 9.17) is 5.11 Å². The topological polar surface area (TPSA) is 90.5 Å². The van der Waals surface area contributed by atoms with Gasteiger partial charge in [-0.25, -0.2) is 0 Å². The van der Waals surface area contributed by atoms with E-state index in [0.717, 1.165) is 0 Å². The van der Waals surface area contributed by atoms with Crippen LogP contribution < -0.4 is 16.0 Å². The van der Waals surface area contributed by atoms with Gasteiger partial charge in [-0.05, 0) is 30.4 Å². The second kappa shape index (κ2) is 10.8. The molecule has 25 heavy (non-hydrogen) atoms. The molecule has 0 unspecified atom stereocenters. The van der Waals surface area contributed by atoms with Gasteiger partial charge in [-0.3, -0.25) is 9.59 Å². The van der Waals surface area contributed by atoms with E-state index in [2.05, 4.69) is 16.0 Å². The molecule has 0 saturated carbocycles. The number of carbonyl (C=O) groups is 2. The van der Waals surface area contributed by atoms with Gasteiger partial charge in [0.2, 0.25) is 11.8 Å². The number of benzene rings is 1. The van der Waals surface area contributed by atoms with Gasteiger partial charge in [-0.1, -0.05) is 45.9 Å². The van der Waals surface area contributed by atoms with E-state index < -0.39 is 12.1 Å². The highest BCUT2D eigenvalue weighted by molar-refractivity contribution is 5.97. The monoisotopic (exact) mass is 349 g/mol. The molecule has 140 valence electrons. The molecule has 0 aromatic heterocycles. The number of anilines is 1. The van der Waals surface area contributed by atoms with E-state index in [1.54, 1.807) is 0 Å². The zero-order chi connectivity index (χ0) is 18.8. The van der Waals surface area contributed by atoms with Crippen molar-refractivity contribution in [1.29, 1.82) is 0 Å². The van der Waals surface area contributed by atoms with E-state index in [1.165, 1.54) is 0 Å². The highest BCUT2D eigenvalue weighted by atomic mass is 16.3. The number of hydrogen-bond donors (Lipinski definition) is 4. The van der Waals surface area contributed by atoms with Crippen LogP contribution in [0.1, 0.15) is 34.1 Å². The van der Waals surface area contributed by atoms with Crippen molar-refractivity contribution in [2.24, 2.45) is 11.8 Å². The minimum absolute atomic E-state index is 0.0413. The molecule has 0 aliphatic carbocycles. The van der Waals surface area contributed by atoms with Gasteiger partial charge in [0.15, 0.2) is 0 Å². The minimum Gasteiger partial charge on any atom is -0.395 e. The zero-order valence-corrected chi connectivity index (χ0v) is 15.6. The van der Waals surface area contributed by atoms with Gasteiger partial charge in [0.1, 0.15) is 6.04 Å². The van der Waals surface area contributed by atoms with Gasteiger partial charge in [-0.2, -0.15) is 0 Å². The molecule has 0 fully saturated rings. The molecule has 1 aromatic rings. The SMILES string of the molecule is CC(C)C[C@H](NC(=O)[C@@H](NCCO)C(C)C)C(=O)Nc1ccccc1. The third-order valence-electron chi connectivity index (χ3n) is 3.81. The van der Waals surface area contributed by atoms with Crippen LogP contribution in [0.3, 0.4) is 0 Å². The Morgan fingerprint density at radius 3 is 2.20 bits per heavy atom. The molecule has 1 aromatic carbocycles. The smallest absolute Gasteiger partial charge is 0.246 e. The summed E-state index contributed by atoms with van der Waals surface area (Å²) in [4.78, 5) is 25.2. The number of rotatable bonds is 10. The Balaban J connectivity index is 2.79. The predicted octanol–water partition coefficient (Wildman–Crippen LogP) is 1.76. The summed E-state index contributed by atoms with van der Waals surface area (Å²) in [6.07, 6.45) is 0.551. The highest BCUT2D eigenvalue weighted by Gasteiger charge is 2.27. The molecular formula is C19H31N3O3. The molecule has 0 heterocycles. The molecule has 0 spiro atoms. The Bertz CT molecular complexity index is 532. The van der Waals surface area contributed by atoms with E-state index in [1.807, 2.05) is 58.0 Å². The number of aliphatic hydroxyl groups is 1. The summed E-state index contributed by atoms with van der Waals surface area (Å²) in [6.45, 7) is 8.17. The Morgan fingerprint density at radius 2 is 1.68 bits per heavy atom. The summed E-state index contributed by atoms with van der Waals surface area (Å²) in [5, 5.41) is 17.7. The average Bonchev–Trinajstić information content (AvgIpc) is 2.54. The molecule has 4 N–H and O–H groups in total. The van der Waals surface area contributed by atoms with Crippen LogP contribution in [0.2, 0.25) is 0 Å². The molecule has 0 saturated heterocycles. The third kappa shape index (κ3) is 7.67. The molecule has 6 nitrogen and oxygen atoms in total. The van der Waals surface area contributed by atoms with Crippen LogP contribution in [-0.4, -0.2) is 42.2 Å². The van der Waals surface area contributed by atoms with Crippen LogP contribution in [0, 0.1) is 11.8 Å². The predicted molar refractivity (Wildman–Crippen MR) is 100 cm³/mol. The average molecular weight is 349 g/mol. The molecule has 0 aliphatic rings. The van der Waals surface area contributed by atoms with E-state index in [-0.39, 0.29) is 30.3 Å². The summed E-state index contributed by atoms with van der Waals surface area (Å²) in [7, 11) is 0. The molecule has 0 aliphatic heterocycles. The summed E-state index contributed by atoms with van der Waals surface area (Å²) in [6, 6.07) is 8.13. The van der Waals surface area contributed by atoms with Crippen molar-refractivity contribution < 1.29 is 14.7 Å². The fourth-order valence-electron chi connectivity index (χ4n) is 2.57. The van der Waals surface area contributed by atoms with Gasteiger partial charge in [-0.15, -0.1) is 0 Å². The normalized spacial score (nSPS) is 13.6. The lowest BCUT2D eigenvalue weighted by atomic mass is 10.00. The summed E-state index contributed by atoms with van der Waals surface area (Å²) >= 11 is 0. The number of hydrogen-bond acceptors (Lipinski definition) is 4. The molecule has 1 rings (SSSR count). The fourth-order valence-corrected chi connectivity index (χ4v) is 2.57. The van der Waals surface area contributed by atoms with E-state index in [9.17, 15) is 9.59 Å². The van der Waals surface area contributed by atoms with Gasteiger partial charge in [0.05, 0.1) is 12.6 Å². The molecule has 2 atom stereocenters. The Morgan fingerprint density at radius 1 is 1.04 bits per heavy atom. The Hall–Kier alpha value is -1.92. The van der Waals surface area contributed by atoms with Crippen LogP contribution in [0.15, 0.2) is 30.3 Å². The van der Waals surface area contributed by atoms with Crippen LogP contribution in [0.25, 0.3) is 0 Å². The van der Waals surface area contributed by atoms with Crippen molar-refractivity contribution in [2.75, 3.05) is 18.5 Å². The van der Waals surface area contributed by atoms with E-state index >= 15 is 0 Å². The Labute approximate surface area is 150 Å². The Kier molecular flexibility index (Phi) is 9.16. The van der Waals surface area contributed by atoms with Crippen molar-refractivity contribution in [3.8, 4) is 0 Å². The summed E-state index contributed by atoms with van der Waals surface area (Å²) < 4.78 is 0. The lowest BCUT2D eigenvalue weighted by Crippen LogP contribution is -2.54. The van der Waals surface area contributed by atoms with Crippen LogP contribution in [0.4, 0.5) is 5.69 Å². The van der Waals surface area contributed by atoms with Crippen molar-refractivity contribution in [1.82, 2.24) is 10.6 Å². The fraction of sp³-hybridized carbons (Fsp3) is 0.579. The molecule has 2 amide bonds. The van der Waals surface area contributed by atoms with Crippen molar-refractivity contribution in [2.45, 2.75) is 46.2 Å².